The number of benzene rings is 1. The molecule has 1 aromatic carbocycles. The molecular weight excluding hydrogens is 310 g/mol. The molecule has 130 valence electrons. The average Bonchev–Trinajstić information content (AvgIpc) is 2.69. The Hall–Kier alpha value is -2.62. The van der Waals surface area contributed by atoms with E-state index in [9.17, 15) is 4.79 Å². The highest BCUT2D eigenvalue weighted by molar-refractivity contribution is 5.92. The van der Waals surface area contributed by atoms with Crippen LogP contribution < -0.4 is 5.32 Å². The number of likely N-dealkylation sites (N-methyl/N-ethyl adjacent to an activating group) is 1. The van der Waals surface area contributed by atoms with E-state index in [4.69, 9.17) is 0 Å². The second-order valence-corrected chi connectivity index (χ2v) is 6.30. The molecule has 0 aliphatic heterocycles. The first-order valence-electron chi connectivity index (χ1n) is 8.98. The number of nitrogens with one attached hydrogen (secondary N) is 1. The van der Waals surface area contributed by atoms with Crippen molar-refractivity contribution in [3.63, 3.8) is 0 Å². The molecule has 1 N–H and O–H groups in total. The van der Waals surface area contributed by atoms with Crippen molar-refractivity contribution in [2.45, 2.75) is 38.8 Å². The lowest BCUT2D eigenvalue weighted by molar-refractivity contribution is 0.0705. The summed E-state index contributed by atoms with van der Waals surface area (Å²) in [5.74, 6) is 0.00802. The Morgan fingerprint density at radius 1 is 1.20 bits per heavy atom. The third kappa shape index (κ3) is 4.47. The van der Waals surface area contributed by atoms with Gasteiger partial charge in [0.2, 0.25) is 0 Å². The van der Waals surface area contributed by atoms with Gasteiger partial charge >= 0.3 is 0 Å². The van der Waals surface area contributed by atoms with E-state index < -0.39 is 0 Å². The molecule has 0 bridgehead atoms. The monoisotopic (exact) mass is 335 g/mol. The highest BCUT2D eigenvalue weighted by Gasteiger charge is 2.25. The van der Waals surface area contributed by atoms with E-state index in [1.807, 2.05) is 30.0 Å². The second-order valence-electron chi connectivity index (χ2n) is 6.30. The van der Waals surface area contributed by atoms with Crippen LogP contribution in [0.4, 0.5) is 0 Å². The van der Waals surface area contributed by atoms with Crippen LogP contribution in [0.25, 0.3) is 0 Å². The van der Waals surface area contributed by atoms with E-state index in [-0.39, 0.29) is 11.9 Å². The van der Waals surface area contributed by atoms with Crippen LogP contribution in [0, 0.1) is 0 Å². The zero-order chi connectivity index (χ0) is 17.5. The topological polar surface area (TPSA) is 45.2 Å². The van der Waals surface area contributed by atoms with E-state index in [0.717, 1.165) is 25.8 Å². The van der Waals surface area contributed by atoms with Crippen molar-refractivity contribution in [1.29, 1.82) is 0 Å². The number of nitrogens with zero attached hydrogens (tertiary/aromatic N) is 2. The van der Waals surface area contributed by atoms with Gasteiger partial charge in [-0.25, -0.2) is 0 Å². The first-order valence-corrected chi connectivity index (χ1v) is 8.98. The van der Waals surface area contributed by atoms with Gasteiger partial charge in [0, 0.05) is 25.0 Å². The molecule has 0 spiro atoms. The number of hydrogen-bond donors (Lipinski definition) is 1. The minimum atomic E-state index is 0.00802. The third-order valence-corrected chi connectivity index (χ3v) is 4.59. The summed E-state index contributed by atoms with van der Waals surface area (Å²) in [4.78, 5) is 18.9. The first kappa shape index (κ1) is 17.2. The van der Waals surface area contributed by atoms with Crippen LogP contribution in [0.3, 0.4) is 0 Å². The van der Waals surface area contributed by atoms with Crippen LogP contribution in [0.1, 0.15) is 42.2 Å². The average molecular weight is 335 g/mol. The number of carbonyl (C=O) groups excluding carboxylic acids is 1. The molecule has 0 unspecified atom stereocenters. The number of aromatic nitrogens is 1. The van der Waals surface area contributed by atoms with Gasteiger partial charge in [0.15, 0.2) is 0 Å². The van der Waals surface area contributed by atoms with E-state index in [1.54, 1.807) is 12.3 Å². The summed E-state index contributed by atoms with van der Waals surface area (Å²) < 4.78 is 0. The fourth-order valence-corrected chi connectivity index (χ4v) is 3.27. The Kier molecular flexibility index (Phi) is 5.83. The summed E-state index contributed by atoms with van der Waals surface area (Å²) in [6, 6.07) is 16.0. The molecule has 0 saturated heterocycles. The normalized spacial score (nSPS) is 16.8. The minimum Gasteiger partial charge on any atom is -0.384 e. The van der Waals surface area contributed by atoms with Gasteiger partial charge in [-0.3, -0.25) is 9.78 Å². The van der Waals surface area contributed by atoms with Gasteiger partial charge in [-0.15, -0.1) is 0 Å². The van der Waals surface area contributed by atoms with Crippen LogP contribution in [0.2, 0.25) is 0 Å². The van der Waals surface area contributed by atoms with Crippen LogP contribution in [-0.2, 0) is 6.54 Å². The van der Waals surface area contributed by atoms with E-state index in [0.29, 0.717) is 12.2 Å². The summed E-state index contributed by atoms with van der Waals surface area (Å²) in [6.07, 6.45) is 7.02. The minimum absolute atomic E-state index is 0.00802. The Labute approximate surface area is 149 Å². The number of pyridine rings is 1. The summed E-state index contributed by atoms with van der Waals surface area (Å²) >= 11 is 0. The molecule has 1 aromatic heterocycles. The number of rotatable bonds is 6. The zero-order valence-electron chi connectivity index (χ0n) is 14.7. The summed E-state index contributed by atoms with van der Waals surface area (Å²) in [6.45, 7) is 3.53. The predicted molar refractivity (Wildman–Crippen MR) is 100.0 cm³/mol. The SMILES string of the molecule is CCN(C(=O)c1ccccn1)[C@@H]1C=C(NCc2ccccc2)CCC1. The molecule has 1 atom stereocenters. The van der Waals surface area contributed by atoms with Crippen LogP contribution >= 0.6 is 0 Å². The van der Waals surface area contributed by atoms with Crippen LogP contribution in [-0.4, -0.2) is 28.4 Å². The molecule has 4 nitrogen and oxygen atoms in total. The van der Waals surface area contributed by atoms with Gasteiger partial charge in [0.05, 0.1) is 6.04 Å². The van der Waals surface area contributed by atoms with Crippen molar-refractivity contribution >= 4 is 5.91 Å². The molecule has 0 saturated carbocycles. The van der Waals surface area contributed by atoms with Gasteiger partial charge in [-0.1, -0.05) is 36.4 Å². The molecule has 1 aliphatic carbocycles. The highest BCUT2D eigenvalue weighted by atomic mass is 16.2. The van der Waals surface area contributed by atoms with Crippen molar-refractivity contribution in [1.82, 2.24) is 15.2 Å². The molecule has 0 radical (unpaired) electrons. The maximum Gasteiger partial charge on any atom is 0.272 e. The molecular formula is C21H25N3O. The molecule has 2 aromatic rings. The van der Waals surface area contributed by atoms with Gasteiger partial charge in [-0.2, -0.15) is 0 Å². The van der Waals surface area contributed by atoms with Crippen molar-refractivity contribution in [3.8, 4) is 0 Å². The number of carbonyl (C=O) groups is 1. The summed E-state index contributed by atoms with van der Waals surface area (Å²) in [7, 11) is 0. The number of hydrogen-bond acceptors (Lipinski definition) is 3. The van der Waals surface area contributed by atoms with Crippen molar-refractivity contribution < 1.29 is 4.79 Å². The zero-order valence-corrected chi connectivity index (χ0v) is 14.7. The molecule has 1 heterocycles. The van der Waals surface area contributed by atoms with Crippen molar-refractivity contribution in [3.05, 3.63) is 77.8 Å². The van der Waals surface area contributed by atoms with Gasteiger partial charge in [0.1, 0.15) is 5.69 Å². The Bertz CT molecular complexity index is 712. The Morgan fingerprint density at radius 2 is 2.00 bits per heavy atom. The molecule has 4 heteroatoms. The number of amides is 1. The lowest BCUT2D eigenvalue weighted by atomic mass is 9.98. The van der Waals surface area contributed by atoms with Crippen LogP contribution in [0.5, 0.6) is 0 Å². The van der Waals surface area contributed by atoms with Crippen molar-refractivity contribution in [2.24, 2.45) is 0 Å². The largest absolute Gasteiger partial charge is 0.384 e. The Balaban J connectivity index is 1.68. The summed E-state index contributed by atoms with van der Waals surface area (Å²) in [5, 5.41) is 3.53. The first-order chi connectivity index (χ1) is 12.3. The maximum atomic E-state index is 12.8. The fourth-order valence-electron chi connectivity index (χ4n) is 3.27. The molecule has 1 amide bonds. The summed E-state index contributed by atoms with van der Waals surface area (Å²) in [5.41, 5.74) is 3.01. The third-order valence-electron chi connectivity index (χ3n) is 4.59. The van der Waals surface area contributed by atoms with Gasteiger partial charge in [0.25, 0.3) is 5.91 Å². The fraction of sp³-hybridized carbons (Fsp3) is 0.333. The van der Waals surface area contributed by atoms with Crippen molar-refractivity contribution in [2.75, 3.05) is 6.54 Å². The van der Waals surface area contributed by atoms with Gasteiger partial charge < -0.3 is 10.2 Å². The second kappa shape index (κ2) is 8.47. The maximum absolute atomic E-state index is 12.8. The van der Waals surface area contributed by atoms with E-state index in [2.05, 4.69) is 40.6 Å². The number of allylic oxidation sites excluding steroid dienone is 1. The predicted octanol–water partition coefficient (Wildman–Crippen LogP) is 3.77. The van der Waals surface area contributed by atoms with E-state index in [1.165, 1.54) is 11.3 Å². The standard InChI is InChI=1S/C21H25N3O/c1-2-24(21(25)20-13-6-7-14-22-20)19-12-8-11-18(15-19)23-16-17-9-4-3-5-10-17/h3-7,9-10,13-15,19,23H,2,8,11-12,16H2,1H3/t19-/m0/s1. The molecule has 0 fully saturated rings. The smallest absolute Gasteiger partial charge is 0.272 e. The van der Waals surface area contributed by atoms with Gasteiger partial charge in [-0.05, 0) is 50.0 Å². The molecule has 25 heavy (non-hydrogen) atoms. The lowest BCUT2D eigenvalue weighted by Gasteiger charge is -2.32. The molecule has 3 rings (SSSR count). The molecule has 1 aliphatic rings. The lowest BCUT2D eigenvalue weighted by Crippen LogP contribution is -2.41. The van der Waals surface area contributed by atoms with Crippen LogP contribution in [0.15, 0.2) is 66.5 Å². The quantitative estimate of drug-likeness (QED) is 0.874. The van der Waals surface area contributed by atoms with E-state index >= 15 is 0 Å². The Morgan fingerprint density at radius 3 is 2.72 bits per heavy atom. The highest BCUT2D eigenvalue weighted by Crippen LogP contribution is 2.22.